The molecule has 0 atom stereocenters. The van der Waals surface area contributed by atoms with Gasteiger partial charge in [0, 0.05) is 0 Å². The minimum atomic E-state index is 0.133. The van der Waals surface area contributed by atoms with Gasteiger partial charge in [-0.2, -0.15) is 0 Å². The van der Waals surface area contributed by atoms with E-state index in [-0.39, 0.29) is 6.61 Å². The van der Waals surface area contributed by atoms with E-state index in [1.54, 1.807) is 6.08 Å². The highest BCUT2D eigenvalue weighted by Gasteiger charge is 1.87. The average Bonchev–Trinajstić information content (AvgIpc) is 1.87. The van der Waals surface area contributed by atoms with Crippen LogP contribution in [-0.4, -0.2) is 11.7 Å². The van der Waals surface area contributed by atoms with Gasteiger partial charge in [0.2, 0.25) is 0 Å². The maximum Gasteiger partial charge on any atom is 0.0618 e. The summed E-state index contributed by atoms with van der Waals surface area (Å²) in [6.45, 7) is 4.14. The minimum Gasteiger partial charge on any atom is -0.392 e. The van der Waals surface area contributed by atoms with Crippen LogP contribution in [0.2, 0.25) is 0 Å². The highest BCUT2D eigenvalue weighted by Crippen LogP contribution is 2.09. The molecule has 52 valence electrons. The molecule has 0 aromatic carbocycles. The first-order valence-corrected chi connectivity index (χ1v) is 4.02. The highest BCUT2D eigenvalue weighted by atomic mass is 127. The molecule has 0 rings (SSSR count). The molecule has 9 heavy (non-hydrogen) atoms. The predicted molar refractivity (Wildman–Crippen MR) is 48.6 cm³/mol. The minimum absolute atomic E-state index is 0.133. The van der Waals surface area contributed by atoms with E-state index in [0.29, 0.717) is 0 Å². The van der Waals surface area contributed by atoms with Crippen LogP contribution in [0.1, 0.15) is 13.8 Å². The second-order valence-corrected chi connectivity index (χ2v) is 2.48. The maximum absolute atomic E-state index is 8.48. The fraction of sp³-hybridized carbons (Fsp3) is 0.429. The number of aliphatic hydroxyl groups excluding tert-OH is 1. The van der Waals surface area contributed by atoms with Gasteiger partial charge < -0.3 is 5.11 Å². The van der Waals surface area contributed by atoms with E-state index in [1.165, 1.54) is 5.57 Å². The van der Waals surface area contributed by atoms with Gasteiger partial charge in [-0.3, -0.25) is 0 Å². The first kappa shape index (κ1) is 9.17. The predicted octanol–water partition coefficient (Wildman–Crippen LogP) is 2.26. The second kappa shape index (κ2) is 4.99. The van der Waals surface area contributed by atoms with Crippen molar-refractivity contribution in [3.8, 4) is 0 Å². The molecule has 0 saturated heterocycles. The Morgan fingerprint density at radius 3 is 2.33 bits per heavy atom. The summed E-state index contributed by atoms with van der Waals surface area (Å²) >= 11 is 2.18. The quantitative estimate of drug-likeness (QED) is 0.577. The van der Waals surface area contributed by atoms with Gasteiger partial charge in [-0.25, -0.2) is 0 Å². The van der Waals surface area contributed by atoms with Crippen LogP contribution in [0, 0.1) is 0 Å². The van der Waals surface area contributed by atoms with E-state index < -0.39 is 0 Å². The van der Waals surface area contributed by atoms with Gasteiger partial charge in [-0.05, 0) is 29.1 Å². The molecule has 0 radical (unpaired) electrons. The Morgan fingerprint density at radius 2 is 2.00 bits per heavy atom. The van der Waals surface area contributed by atoms with E-state index in [0.717, 1.165) is 5.57 Å². The third-order valence-corrected chi connectivity index (χ3v) is 2.12. The zero-order chi connectivity index (χ0) is 7.28. The number of allylic oxidation sites excluding steroid dienone is 2. The summed E-state index contributed by atoms with van der Waals surface area (Å²) in [6.07, 6.45) is 1.80. The Kier molecular flexibility index (Phi) is 5.09. The van der Waals surface area contributed by atoms with Gasteiger partial charge in [0.1, 0.15) is 0 Å². The van der Waals surface area contributed by atoms with Crippen molar-refractivity contribution in [2.45, 2.75) is 13.8 Å². The largest absolute Gasteiger partial charge is 0.392 e. The fourth-order valence-electron chi connectivity index (χ4n) is 0.384. The van der Waals surface area contributed by atoms with Gasteiger partial charge in [0.25, 0.3) is 0 Å². The summed E-state index contributed by atoms with van der Waals surface area (Å²) in [7, 11) is 0. The molecule has 1 N–H and O–H groups in total. The van der Waals surface area contributed by atoms with Crippen molar-refractivity contribution < 1.29 is 5.11 Å². The maximum atomic E-state index is 8.48. The van der Waals surface area contributed by atoms with Crippen molar-refractivity contribution in [1.82, 2.24) is 0 Å². The molecule has 0 heterocycles. The second-order valence-electron chi connectivity index (χ2n) is 1.86. The number of hydrogen-bond acceptors (Lipinski definition) is 1. The molecule has 0 bridgehead atoms. The topological polar surface area (TPSA) is 20.2 Å². The summed E-state index contributed by atoms with van der Waals surface area (Å²) in [5, 5.41) is 8.48. The Morgan fingerprint density at radius 1 is 1.44 bits per heavy atom. The van der Waals surface area contributed by atoms with E-state index in [9.17, 15) is 0 Å². The van der Waals surface area contributed by atoms with Gasteiger partial charge in [-0.1, -0.05) is 28.7 Å². The zero-order valence-corrected chi connectivity index (χ0v) is 7.84. The molecule has 0 unspecified atom stereocenters. The van der Waals surface area contributed by atoms with Crippen LogP contribution in [0.25, 0.3) is 0 Å². The summed E-state index contributed by atoms with van der Waals surface area (Å²) in [5.74, 6) is 0. The molecule has 0 aliphatic heterocycles. The van der Waals surface area contributed by atoms with Crippen molar-refractivity contribution in [2.24, 2.45) is 0 Å². The van der Waals surface area contributed by atoms with Crippen LogP contribution in [0.4, 0.5) is 0 Å². The molecule has 0 amide bonds. The lowest BCUT2D eigenvalue weighted by Crippen LogP contribution is -1.80. The van der Waals surface area contributed by atoms with Crippen molar-refractivity contribution >= 4 is 22.6 Å². The zero-order valence-electron chi connectivity index (χ0n) is 5.69. The highest BCUT2D eigenvalue weighted by molar-refractivity contribution is 14.1. The summed E-state index contributed by atoms with van der Waals surface area (Å²) < 4.78 is 2.00. The van der Waals surface area contributed by atoms with Crippen LogP contribution in [-0.2, 0) is 0 Å². The van der Waals surface area contributed by atoms with E-state index in [4.69, 9.17) is 5.11 Å². The standard InChI is InChI=1S/C7H11IO/c1-6(3-4-9)7(2)5-8/h3,5,9H,4H2,1-2H3/b6-3-,7-5+. The molecule has 0 saturated carbocycles. The van der Waals surface area contributed by atoms with Gasteiger partial charge in [0.05, 0.1) is 6.61 Å². The lowest BCUT2D eigenvalue weighted by atomic mass is 10.1. The van der Waals surface area contributed by atoms with Crippen molar-refractivity contribution in [3.63, 3.8) is 0 Å². The molecule has 0 aromatic rings. The molecule has 0 aliphatic carbocycles. The lowest BCUT2D eigenvalue weighted by molar-refractivity contribution is 0.342. The molecule has 0 spiro atoms. The van der Waals surface area contributed by atoms with Crippen molar-refractivity contribution in [3.05, 3.63) is 21.3 Å². The molecule has 0 fully saturated rings. The number of hydrogen-bond donors (Lipinski definition) is 1. The molecule has 0 aliphatic rings. The summed E-state index contributed by atoms with van der Waals surface area (Å²) in [6, 6.07) is 0. The molecular weight excluding hydrogens is 227 g/mol. The van der Waals surface area contributed by atoms with Gasteiger partial charge >= 0.3 is 0 Å². The van der Waals surface area contributed by atoms with Crippen LogP contribution in [0.5, 0.6) is 0 Å². The van der Waals surface area contributed by atoms with Crippen LogP contribution in [0.3, 0.4) is 0 Å². The third kappa shape index (κ3) is 3.70. The Hall–Kier alpha value is 0.170. The summed E-state index contributed by atoms with van der Waals surface area (Å²) in [4.78, 5) is 0. The fourth-order valence-corrected chi connectivity index (χ4v) is 0.875. The number of halogens is 1. The monoisotopic (exact) mass is 238 g/mol. The van der Waals surface area contributed by atoms with E-state index in [2.05, 4.69) is 22.6 Å². The smallest absolute Gasteiger partial charge is 0.0618 e. The Labute approximate surface area is 69.6 Å². The number of aliphatic hydroxyl groups is 1. The van der Waals surface area contributed by atoms with Crippen LogP contribution in [0.15, 0.2) is 21.3 Å². The lowest BCUT2D eigenvalue weighted by Gasteiger charge is -1.96. The van der Waals surface area contributed by atoms with E-state index in [1.807, 2.05) is 17.9 Å². The third-order valence-electron chi connectivity index (χ3n) is 1.18. The van der Waals surface area contributed by atoms with Crippen molar-refractivity contribution in [2.75, 3.05) is 6.61 Å². The average molecular weight is 238 g/mol. The first-order valence-electron chi connectivity index (χ1n) is 2.77. The molecule has 0 aromatic heterocycles. The Bertz CT molecular complexity index is 136. The Balaban J connectivity index is 4.03. The first-order chi connectivity index (χ1) is 4.22. The normalized spacial score (nSPS) is 14.2. The molecular formula is C7H11IO. The summed E-state index contributed by atoms with van der Waals surface area (Å²) in [5.41, 5.74) is 2.36. The molecule has 2 heteroatoms. The van der Waals surface area contributed by atoms with Gasteiger partial charge in [-0.15, -0.1) is 0 Å². The van der Waals surface area contributed by atoms with Gasteiger partial charge in [0.15, 0.2) is 0 Å². The van der Waals surface area contributed by atoms with E-state index >= 15 is 0 Å². The number of rotatable bonds is 2. The SMILES string of the molecule is CC(=C/CO)/C(C)=C/I. The van der Waals surface area contributed by atoms with Crippen molar-refractivity contribution in [1.29, 1.82) is 0 Å². The van der Waals surface area contributed by atoms with Crippen LogP contribution < -0.4 is 0 Å². The van der Waals surface area contributed by atoms with Crippen LogP contribution >= 0.6 is 22.6 Å². The molecule has 1 nitrogen and oxygen atoms in total.